The van der Waals surface area contributed by atoms with Crippen molar-refractivity contribution < 1.29 is 33.6 Å². The number of aromatic amines is 1. The van der Waals surface area contributed by atoms with Gasteiger partial charge in [0.15, 0.2) is 5.96 Å². The molecule has 2 aromatic carbocycles. The maximum Gasteiger partial charge on any atom is 0.252 e. The quantitative estimate of drug-likeness (QED) is 0.0401. The van der Waals surface area contributed by atoms with E-state index in [1.807, 2.05) is 24.3 Å². The Morgan fingerprint density at radius 1 is 0.887 bits per heavy atom. The van der Waals surface area contributed by atoms with E-state index in [4.69, 9.17) is 22.9 Å². The third-order valence-electron chi connectivity index (χ3n) is 8.59. The van der Waals surface area contributed by atoms with E-state index in [1.54, 1.807) is 36.5 Å². The number of nitrogens with two attached hydrogens (primary N) is 4. The van der Waals surface area contributed by atoms with Crippen molar-refractivity contribution >= 4 is 58.2 Å². The van der Waals surface area contributed by atoms with E-state index < -0.39 is 78.1 Å². The Labute approximate surface area is 304 Å². The molecule has 3 aromatic rings. The molecule has 1 aliphatic rings. The lowest BCUT2D eigenvalue weighted by Crippen LogP contribution is -2.59. The third kappa shape index (κ3) is 10.8. The summed E-state index contributed by atoms with van der Waals surface area (Å²) in [5.74, 6) is -5.54. The Morgan fingerprint density at radius 3 is 2.26 bits per heavy atom. The molecule has 282 valence electrons. The van der Waals surface area contributed by atoms with Crippen molar-refractivity contribution in [1.82, 2.24) is 31.2 Å². The number of nitrogens with one attached hydrogen (secondary N) is 5. The number of hydrogen-bond acceptors (Lipinski definition) is 9. The summed E-state index contributed by atoms with van der Waals surface area (Å²) in [6.07, 6.45) is 1.72. The molecule has 0 aliphatic carbocycles. The van der Waals surface area contributed by atoms with Crippen molar-refractivity contribution in [3.8, 4) is 0 Å². The predicted molar refractivity (Wildman–Crippen MR) is 194 cm³/mol. The minimum atomic E-state index is -1.46. The van der Waals surface area contributed by atoms with Crippen LogP contribution in [0.5, 0.6) is 0 Å². The molecule has 0 spiro atoms. The van der Waals surface area contributed by atoms with Crippen LogP contribution in [0, 0.1) is 0 Å². The maximum atomic E-state index is 14.3. The van der Waals surface area contributed by atoms with E-state index in [0.717, 1.165) is 10.9 Å². The van der Waals surface area contributed by atoms with E-state index in [1.165, 1.54) is 6.92 Å². The fourth-order valence-electron chi connectivity index (χ4n) is 6.07. The third-order valence-corrected chi connectivity index (χ3v) is 8.59. The number of H-pyrrole nitrogens is 1. The number of para-hydroxylation sites is 1. The number of aliphatic imine (C=N–C) groups is 1. The predicted octanol–water partition coefficient (Wildman–Crippen LogP) is -2.46. The summed E-state index contributed by atoms with van der Waals surface area (Å²) in [4.78, 5) is 99.8. The standard InChI is InChI=1S/C35H45N11O7/c1-19(47)43-25(12-7-13-40-35(38)39)31(50)45-27(14-20-8-3-2-4-9-20)34(53)46-28(16-23(36)33(46)52)32(51)44-26(30(49)42-18-29(37)48)15-21-17-41-24-11-6-5-10-22(21)24/h2-6,8-11,17,23,25-28,41H,7,12-16,18,36H2,1H3,(H2,37,48)(H,42,49)(H,43,47)(H,44,51)(H,45,50)(H4,38,39,40)/t23-,25-,26-,27-,28-/m0/s1. The highest BCUT2D eigenvalue weighted by Crippen LogP contribution is 2.23. The first-order valence-corrected chi connectivity index (χ1v) is 17.0. The highest BCUT2D eigenvalue weighted by molar-refractivity contribution is 6.08. The highest BCUT2D eigenvalue weighted by atomic mass is 16.2. The molecule has 13 N–H and O–H groups in total. The van der Waals surface area contributed by atoms with Crippen molar-refractivity contribution in [1.29, 1.82) is 0 Å². The number of amides is 7. The fourth-order valence-corrected chi connectivity index (χ4v) is 6.07. The van der Waals surface area contributed by atoms with Gasteiger partial charge in [-0.25, -0.2) is 0 Å². The Balaban J connectivity index is 1.61. The van der Waals surface area contributed by atoms with Crippen LogP contribution in [0.2, 0.25) is 0 Å². The molecule has 2 heterocycles. The van der Waals surface area contributed by atoms with Gasteiger partial charge in [-0.2, -0.15) is 0 Å². The summed E-state index contributed by atoms with van der Waals surface area (Å²) in [5.41, 5.74) is 24.2. The monoisotopic (exact) mass is 731 g/mol. The minimum absolute atomic E-state index is 0.0264. The van der Waals surface area contributed by atoms with Crippen LogP contribution in [0.3, 0.4) is 0 Å². The molecule has 1 saturated heterocycles. The van der Waals surface area contributed by atoms with Gasteiger partial charge in [-0.15, -0.1) is 0 Å². The zero-order valence-electron chi connectivity index (χ0n) is 29.2. The summed E-state index contributed by atoms with van der Waals surface area (Å²) in [6.45, 7) is 0.915. The van der Waals surface area contributed by atoms with Crippen LogP contribution in [-0.4, -0.2) is 100 Å². The van der Waals surface area contributed by atoms with E-state index in [9.17, 15) is 33.6 Å². The van der Waals surface area contributed by atoms with Gasteiger partial charge in [0.2, 0.25) is 35.4 Å². The lowest BCUT2D eigenvalue weighted by atomic mass is 10.0. The van der Waals surface area contributed by atoms with Crippen LogP contribution in [0.25, 0.3) is 10.9 Å². The minimum Gasteiger partial charge on any atom is -0.370 e. The van der Waals surface area contributed by atoms with Crippen LogP contribution < -0.4 is 44.2 Å². The summed E-state index contributed by atoms with van der Waals surface area (Å²) in [6, 6.07) is 9.52. The number of aromatic nitrogens is 1. The molecule has 7 amide bonds. The van der Waals surface area contributed by atoms with Crippen molar-refractivity contribution in [2.75, 3.05) is 13.1 Å². The Morgan fingerprint density at radius 2 is 1.58 bits per heavy atom. The Kier molecular flexibility index (Phi) is 13.6. The normalized spacial score (nSPS) is 16.9. The van der Waals surface area contributed by atoms with Gasteiger partial charge >= 0.3 is 0 Å². The van der Waals surface area contributed by atoms with Crippen LogP contribution in [-0.2, 0) is 46.4 Å². The second-order valence-electron chi connectivity index (χ2n) is 12.7. The number of hydrogen-bond donors (Lipinski definition) is 9. The number of carbonyl (C=O) groups is 7. The van der Waals surface area contributed by atoms with Crippen molar-refractivity contribution in [3.05, 3.63) is 71.9 Å². The summed E-state index contributed by atoms with van der Waals surface area (Å²) in [7, 11) is 0. The molecule has 5 atom stereocenters. The van der Waals surface area contributed by atoms with Crippen molar-refractivity contribution in [2.45, 2.75) is 69.2 Å². The van der Waals surface area contributed by atoms with Crippen LogP contribution in [0.4, 0.5) is 0 Å². The number of guanidine groups is 1. The SMILES string of the molecule is CC(=O)N[C@@H](CCCN=C(N)N)C(=O)N[C@@H](Cc1ccccc1)C(=O)N1C(=O)[C@@H](N)C[C@H]1C(=O)N[C@@H](Cc1c[nH]c2ccccc12)C(=O)NCC(N)=O. The zero-order valence-corrected chi connectivity index (χ0v) is 29.2. The van der Waals surface area contributed by atoms with Crippen molar-refractivity contribution in [3.63, 3.8) is 0 Å². The van der Waals surface area contributed by atoms with Gasteiger partial charge in [-0.3, -0.25) is 43.5 Å². The fraction of sp³-hybridized carbons (Fsp3) is 0.371. The number of carbonyl (C=O) groups excluding carboxylic acids is 7. The molecule has 1 aromatic heterocycles. The average Bonchev–Trinajstić information content (AvgIpc) is 3.66. The van der Waals surface area contributed by atoms with Gasteiger partial charge in [0.05, 0.1) is 12.6 Å². The van der Waals surface area contributed by atoms with Gasteiger partial charge in [0.1, 0.15) is 24.2 Å². The second kappa shape index (κ2) is 18.3. The van der Waals surface area contributed by atoms with Gasteiger partial charge in [0.25, 0.3) is 5.91 Å². The molecule has 18 heteroatoms. The van der Waals surface area contributed by atoms with Crippen LogP contribution in [0.1, 0.15) is 37.3 Å². The zero-order chi connectivity index (χ0) is 38.7. The lowest BCUT2D eigenvalue weighted by Gasteiger charge is -2.29. The molecular weight excluding hydrogens is 686 g/mol. The van der Waals surface area contributed by atoms with Gasteiger partial charge < -0.3 is 49.2 Å². The van der Waals surface area contributed by atoms with Crippen molar-refractivity contribution in [2.24, 2.45) is 27.9 Å². The first-order valence-electron chi connectivity index (χ1n) is 17.0. The first kappa shape index (κ1) is 39.5. The Hall–Kier alpha value is -6.30. The largest absolute Gasteiger partial charge is 0.370 e. The number of likely N-dealkylation sites (tertiary alicyclic amines) is 1. The second-order valence-corrected chi connectivity index (χ2v) is 12.7. The molecule has 0 saturated carbocycles. The number of fused-ring (bicyclic) bond motifs is 1. The number of imide groups is 1. The van der Waals surface area contributed by atoms with E-state index in [-0.39, 0.29) is 38.2 Å². The van der Waals surface area contributed by atoms with E-state index in [2.05, 4.69) is 31.2 Å². The molecule has 4 rings (SSSR count). The highest BCUT2D eigenvalue weighted by Gasteiger charge is 2.48. The molecule has 18 nitrogen and oxygen atoms in total. The van der Waals surface area contributed by atoms with E-state index in [0.29, 0.717) is 22.4 Å². The average molecular weight is 732 g/mol. The molecule has 0 radical (unpaired) electrons. The molecular formula is C35H45N11O7. The summed E-state index contributed by atoms with van der Waals surface area (Å²) >= 11 is 0. The first-order chi connectivity index (χ1) is 25.2. The maximum absolute atomic E-state index is 14.3. The van der Waals surface area contributed by atoms with Crippen LogP contribution >= 0.6 is 0 Å². The molecule has 1 fully saturated rings. The molecule has 1 aliphatic heterocycles. The summed E-state index contributed by atoms with van der Waals surface area (Å²) in [5, 5.41) is 11.0. The topological polar surface area (TPSA) is 303 Å². The Bertz CT molecular complexity index is 1860. The molecule has 0 bridgehead atoms. The number of primary amides is 1. The molecule has 0 unspecified atom stereocenters. The number of benzene rings is 2. The molecule has 53 heavy (non-hydrogen) atoms. The number of rotatable bonds is 17. The van der Waals surface area contributed by atoms with E-state index >= 15 is 0 Å². The van der Waals surface area contributed by atoms with Crippen LogP contribution in [0.15, 0.2) is 65.8 Å². The van der Waals surface area contributed by atoms with Gasteiger partial charge in [-0.05, 0) is 30.0 Å². The van der Waals surface area contributed by atoms with Gasteiger partial charge in [-0.1, -0.05) is 48.5 Å². The smallest absolute Gasteiger partial charge is 0.252 e. The summed E-state index contributed by atoms with van der Waals surface area (Å²) < 4.78 is 0. The lowest BCUT2D eigenvalue weighted by molar-refractivity contribution is -0.150. The number of nitrogens with zero attached hydrogens (tertiary/aromatic N) is 2. The van der Waals surface area contributed by atoms with Gasteiger partial charge in [0, 0.05) is 49.8 Å².